The Morgan fingerprint density at radius 2 is 2.36 bits per heavy atom. The molecule has 6 nitrogen and oxygen atoms in total. The van der Waals surface area contributed by atoms with Gasteiger partial charge in [0.2, 0.25) is 11.8 Å². The Labute approximate surface area is 79.9 Å². The van der Waals surface area contributed by atoms with Crippen LogP contribution in [0.25, 0.3) is 0 Å². The predicted octanol–water partition coefficient (Wildman–Crippen LogP) is -0.274. The standard InChI is InChI=1S/C8H10N2O4/c1-5-4-14-7(10-5)2-6(11)9-3-8(12)13/h4H,2-3H2,1H3,(H,9,11)(H,12,13). The van der Waals surface area contributed by atoms with E-state index in [0.717, 1.165) is 0 Å². The zero-order valence-corrected chi connectivity index (χ0v) is 7.61. The molecule has 6 heteroatoms. The van der Waals surface area contributed by atoms with Gasteiger partial charge in [-0.15, -0.1) is 0 Å². The highest BCUT2D eigenvalue weighted by atomic mass is 16.4. The molecule has 0 fully saturated rings. The second kappa shape index (κ2) is 4.40. The number of carboxylic acids is 1. The maximum Gasteiger partial charge on any atom is 0.322 e. The minimum Gasteiger partial charge on any atom is -0.480 e. The van der Waals surface area contributed by atoms with E-state index >= 15 is 0 Å². The van der Waals surface area contributed by atoms with Crippen LogP contribution in [0.2, 0.25) is 0 Å². The minimum atomic E-state index is -1.08. The Hall–Kier alpha value is -1.85. The van der Waals surface area contributed by atoms with E-state index in [4.69, 9.17) is 9.52 Å². The van der Waals surface area contributed by atoms with Gasteiger partial charge in [-0.1, -0.05) is 0 Å². The van der Waals surface area contributed by atoms with Gasteiger partial charge in [0.15, 0.2) is 0 Å². The first kappa shape index (κ1) is 10.2. The highest BCUT2D eigenvalue weighted by molar-refractivity contribution is 5.82. The Balaban J connectivity index is 2.37. The molecule has 1 rings (SSSR count). The SMILES string of the molecule is Cc1coc(CC(=O)NCC(=O)O)n1. The molecule has 0 radical (unpaired) electrons. The predicted molar refractivity (Wildman–Crippen MR) is 45.6 cm³/mol. The summed E-state index contributed by atoms with van der Waals surface area (Å²) in [4.78, 5) is 25.1. The van der Waals surface area contributed by atoms with E-state index in [1.807, 2.05) is 0 Å². The number of oxazole rings is 1. The third kappa shape index (κ3) is 3.26. The van der Waals surface area contributed by atoms with Gasteiger partial charge in [0.1, 0.15) is 19.2 Å². The largest absolute Gasteiger partial charge is 0.480 e. The third-order valence-electron chi connectivity index (χ3n) is 1.42. The number of carboxylic acid groups (broad SMARTS) is 1. The summed E-state index contributed by atoms with van der Waals surface area (Å²) in [6, 6.07) is 0. The fourth-order valence-electron chi connectivity index (χ4n) is 0.858. The van der Waals surface area contributed by atoms with Gasteiger partial charge in [-0.05, 0) is 6.92 Å². The first-order valence-corrected chi connectivity index (χ1v) is 3.97. The minimum absolute atomic E-state index is 0.0406. The van der Waals surface area contributed by atoms with Crippen LogP contribution in [0.15, 0.2) is 10.7 Å². The number of amides is 1. The molecule has 1 heterocycles. The van der Waals surface area contributed by atoms with Crippen molar-refractivity contribution < 1.29 is 19.1 Å². The first-order valence-electron chi connectivity index (χ1n) is 3.97. The topological polar surface area (TPSA) is 92.4 Å². The zero-order valence-electron chi connectivity index (χ0n) is 7.61. The summed E-state index contributed by atoms with van der Waals surface area (Å²) in [5.74, 6) is -1.22. The number of aryl methyl sites for hydroxylation is 1. The van der Waals surface area contributed by atoms with Crippen LogP contribution >= 0.6 is 0 Å². The molecule has 2 N–H and O–H groups in total. The summed E-state index contributed by atoms with van der Waals surface area (Å²) in [5.41, 5.74) is 0.686. The second-order valence-electron chi connectivity index (χ2n) is 2.73. The summed E-state index contributed by atoms with van der Waals surface area (Å²) < 4.78 is 4.92. The van der Waals surface area contributed by atoms with Crippen molar-refractivity contribution in [3.05, 3.63) is 17.8 Å². The third-order valence-corrected chi connectivity index (χ3v) is 1.42. The monoisotopic (exact) mass is 198 g/mol. The number of nitrogens with one attached hydrogen (secondary N) is 1. The molecule has 0 aliphatic heterocycles. The summed E-state index contributed by atoms with van der Waals surface area (Å²) in [7, 11) is 0. The molecule has 0 saturated carbocycles. The number of aromatic nitrogens is 1. The van der Waals surface area contributed by atoms with Crippen molar-refractivity contribution in [3.63, 3.8) is 0 Å². The molecule has 0 saturated heterocycles. The van der Waals surface area contributed by atoms with Gasteiger partial charge in [-0.2, -0.15) is 0 Å². The highest BCUT2D eigenvalue weighted by Gasteiger charge is 2.08. The molecule has 0 aliphatic rings. The van der Waals surface area contributed by atoms with Gasteiger partial charge in [-0.3, -0.25) is 9.59 Å². The molecular formula is C8H10N2O4. The second-order valence-corrected chi connectivity index (χ2v) is 2.73. The van der Waals surface area contributed by atoms with Gasteiger partial charge in [-0.25, -0.2) is 4.98 Å². The summed E-state index contributed by atoms with van der Waals surface area (Å²) >= 11 is 0. The molecule has 0 aliphatic carbocycles. The molecule has 76 valence electrons. The summed E-state index contributed by atoms with van der Waals surface area (Å²) in [5, 5.41) is 10.5. The maximum absolute atomic E-state index is 11.1. The van der Waals surface area contributed by atoms with Crippen molar-refractivity contribution >= 4 is 11.9 Å². The quantitative estimate of drug-likeness (QED) is 0.694. The van der Waals surface area contributed by atoms with Crippen molar-refractivity contribution in [2.24, 2.45) is 0 Å². The molecule has 0 spiro atoms. The lowest BCUT2D eigenvalue weighted by Gasteiger charge is -1.98. The van der Waals surface area contributed by atoms with Crippen LogP contribution in [0.4, 0.5) is 0 Å². The van der Waals surface area contributed by atoms with Crippen LogP contribution in [-0.2, 0) is 16.0 Å². The van der Waals surface area contributed by atoms with E-state index < -0.39 is 18.4 Å². The van der Waals surface area contributed by atoms with Crippen LogP contribution in [0.5, 0.6) is 0 Å². The summed E-state index contributed by atoms with van der Waals surface area (Å²) in [6.45, 7) is 1.35. The van der Waals surface area contributed by atoms with Crippen molar-refractivity contribution in [2.75, 3.05) is 6.54 Å². The van der Waals surface area contributed by atoms with Crippen LogP contribution in [-0.4, -0.2) is 28.5 Å². The highest BCUT2D eigenvalue weighted by Crippen LogP contribution is 2.00. The van der Waals surface area contributed by atoms with E-state index in [1.165, 1.54) is 6.26 Å². The molecule has 0 atom stereocenters. The number of carbonyl (C=O) groups is 2. The van der Waals surface area contributed by atoms with Gasteiger partial charge in [0.25, 0.3) is 0 Å². The number of hydrogen-bond donors (Lipinski definition) is 2. The van der Waals surface area contributed by atoms with Crippen LogP contribution < -0.4 is 5.32 Å². The molecule has 0 bridgehead atoms. The Morgan fingerprint density at radius 3 is 2.86 bits per heavy atom. The number of nitrogens with zero attached hydrogens (tertiary/aromatic N) is 1. The van der Waals surface area contributed by atoms with Gasteiger partial charge < -0.3 is 14.8 Å². The van der Waals surface area contributed by atoms with Crippen molar-refractivity contribution in [1.29, 1.82) is 0 Å². The average Bonchev–Trinajstić information content (AvgIpc) is 2.48. The van der Waals surface area contributed by atoms with Gasteiger partial charge in [0, 0.05) is 0 Å². The fraction of sp³-hybridized carbons (Fsp3) is 0.375. The molecule has 1 aromatic heterocycles. The zero-order chi connectivity index (χ0) is 10.6. The number of carbonyl (C=O) groups excluding carboxylic acids is 1. The number of rotatable bonds is 4. The van der Waals surface area contributed by atoms with Crippen LogP contribution in [0.3, 0.4) is 0 Å². The van der Waals surface area contributed by atoms with Crippen molar-refractivity contribution in [2.45, 2.75) is 13.3 Å². The van der Waals surface area contributed by atoms with Crippen LogP contribution in [0, 0.1) is 6.92 Å². The molecular weight excluding hydrogens is 188 g/mol. The smallest absolute Gasteiger partial charge is 0.322 e. The fourth-order valence-corrected chi connectivity index (χ4v) is 0.858. The average molecular weight is 198 g/mol. The Bertz CT molecular complexity index is 345. The van der Waals surface area contributed by atoms with Crippen molar-refractivity contribution in [1.82, 2.24) is 10.3 Å². The normalized spacial score (nSPS) is 9.79. The number of hydrogen-bond acceptors (Lipinski definition) is 4. The van der Waals surface area contributed by atoms with E-state index in [-0.39, 0.29) is 12.3 Å². The van der Waals surface area contributed by atoms with E-state index in [2.05, 4.69) is 10.3 Å². The van der Waals surface area contributed by atoms with Gasteiger partial charge in [0.05, 0.1) is 5.69 Å². The van der Waals surface area contributed by atoms with Crippen molar-refractivity contribution in [3.8, 4) is 0 Å². The molecule has 1 aromatic rings. The van der Waals surface area contributed by atoms with E-state index in [1.54, 1.807) is 6.92 Å². The summed E-state index contributed by atoms with van der Waals surface area (Å²) in [6.07, 6.45) is 1.39. The maximum atomic E-state index is 11.1. The number of aliphatic carboxylic acids is 1. The Kier molecular flexibility index (Phi) is 3.22. The molecule has 0 unspecified atom stereocenters. The van der Waals surface area contributed by atoms with E-state index in [9.17, 15) is 9.59 Å². The molecule has 1 amide bonds. The lowest BCUT2D eigenvalue weighted by Crippen LogP contribution is -2.30. The van der Waals surface area contributed by atoms with E-state index in [0.29, 0.717) is 5.69 Å². The Morgan fingerprint density at radius 1 is 1.64 bits per heavy atom. The first-order chi connectivity index (χ1) is 6.58. The molecule has 0 aromatic carbocycles. The lowest BCUT2D eigenvalue weighted by molar-refractivity contribution is -0.137. The van der Waals surface area contributed by atoms with Crippen LogP contribution in [0.1, 0.15) is 11.6 Å². The molecule has 14 heavy (non-hydrogen) atoms. The van der Waals surface area contributed by atoms with Gasteiger partial charge >= 0.3 is 5.97 Å². The lowest BCUT2D eigenvalue weighted by atomic mass is 10.4.